The van der Waals surface area contributed by atoms with E-state index in [0.717, 1.165) is 4.90 Å². The van der Waals surface area contributed by atoms with Crippen LogP contribution in [0.2, 0.25) is 5.02 Å². The molecule has 1 amide bonds. The molecular weight excluding hydrogens is 318 g/mol. The molecule has 1 rings (SSSR count). The van der Waals surface area contributed by atoms with E-state index in [9.17, 15) is 14.4 Å². The Labute approximate surface area is 130 Å². The highest BCUT2D eigenvalue weighted by atomic mass is 35.5. The third-order valence-corrected chi connectivity index (χ3v) is 3.72. The van der Waals surface area contributed by atoms with Crippen LogP contribution in [0.15, 0.2) is 23.1 Å². The Morgan fingerprint density at radius 1 is 1.33 bits per heavy atom. The largest absolute Gasteiger partial charge is 0.481 e. The highest BCUT2D eigenvalue weighted by Crippen LogP contribution is 2.23. The van der Waals surface area contributed by atoms with Crippen LogP contribution in [-0.2, 0) is 9.59 Å². The molecule has 0 spiro atoms. The van der Waals surface area contributed by atoms with E-state index >= 15 is 0 Å². The van der Waals surface area contributed by atoms with Gasteiger partial charge in [-0.15, -0.1) is 11.8 Å². The summed E-state index contributed by atoms with van der Waals surface area (Å²) in [6.07, 6.45) is 1.28. The van der Waals surface area contributed by atoms with Gasteiger partial charge in [0.15, 0.2) is 0 Å². The first-order valence-electron chi connectivity index (χ1n) is 5.94. The molecule has 1 aromatic carbocycles. The van der Waals surface area contributed by atoms with Gasteiger partial charge in [0.25, 0.3) is 5.91 Å². The number of aliphatic carboxylic acids is 2. The fraction of sp³-hybridized carbons (Fsp3) is 0.308. The van der Waals surface area contributed by atoms with Crippen LogP contribution in [0.5, 0.6) is 0 Å². The topological polar surface area (TPSA) is 104 Å². The molecular formula is C13H14ClNO5S. The fourth-order valence-electron chi connectivity index (χ4n) is 1.57. The molecule has 1 unspecified atom stereocenters. The normalized spacial score (nSPS) is 11.7. The van der Waals surface area contributed by atoms with E-state index < -0.39 is 23.9 Å². The number of carboxylic acid groups (broad SMARTS) is 2. The number of nitrogens with one attached hydrogen (secondary N) is 1. The SMILES string of the molecule is CSc1ccc(Cl)c(C(=O)NC(CCC(=O)O)C(=O)O)c1. The molecule has 114 valence electrons. The Morgan fingerprint density at radius 2 is 2.00 bits per heavy atom. The molecule has 0 aliphatic rings. The lowest BCUT2D eigenvalue weighted by atomic mass is 10.1. The Kier molecular flexibility index (Phi) is 6.51. The summed E-state index contributed by atoms with van der Waals surface area (Å²) in [7, 11) is 0. The molecule has 1 aromatic rings. The van der Waals surface area contributed by atoms with Crippen molar-refractivity contribution in [2.24, 2.45) is 0 Å². The molecule has 0 saturated carbocycles. The van der Waals surface area contributed by atoms with Gasteiger partial charge < -0.3 is 15.5 Å². The second-order valence-electron chi connectivity index (χ2n) is 4.14. The number of carbonyl (C=O) groups excluding carboxylic acids is 1. The minimum absolute atomic E-state index is 0.157. The number of hydrogen-bond acceptors (Lipinski definition) is 4. The number of carboxylic acids is 2. The van der Waals surface area contributed by atoms with Crippen LogP contribution in [0.3, 0.4) is 0 Å². The zero-order valence-corrected chi connectivity index (χ0v) is 12.7. The third-order valence-electron chi connectivity index (χ3n) is 2.67. The molecule has 1 atom stereocenters. The van der Waals surface area contributed by atoms with E-state index in [4.69, 9.17) is 21.8 Å². The minimum Gasteiger partial charge on any atom is -0.481 e. The number of amides is 1. The van der Waals surface area contributed by atoms with Gasteiger partial charge in [0.05, 0.1) is 10.6 Å². The second kappa shape index (κ2) is 7.90. The Hall–Kier alpha value is -1.73. The summed E-state index contributed by atoms with van der Waals surface area (Å²) >= 11 is 7.34. The van der Waals surface area contributed by atoms with Crippen molar-refractivity contribution >= 4 is 41.2 Å². The van der Waals surface area contributed by atoms with Gasteiger partial charge in [0.1, 0.15) is 6.04 Å². The monoisotopic (exact) mass is 331 g/mol. The fourth-order valence-corrected chi connectivity index (χ4v) is 2.21. The van der Waals surface area contributed by atoms with Gasteiger partial charge in [-0.1, -0.05) is 11.6 Å². The van der Waals surface area contributed by atoms with Crippen LogP contribution in [-0.4, -0.2) is 40.4 Å². The van der Waals surface area contributed by atoms with Crippen LogP contribution >= 0.6 is 23.4 Å². The molecule has 8 heteroatoms. The van der Waals surface area contributed by atoms with Gasteiger partial charge in [0.2, 0.25) is 0 Å². The van der Waals surface area contributed by atoms with Crippen LogP contribution < -0.4 is 5.32 Å². The number of rotatable bonds is 7. The maximum absolute atomic E-state index is 12.1. The summed E-state index contributed by atoms with van der Waals surface area (Å²) in [6, 6.07) is 3.57. The summed E-state index contributed by atoms with van der Waals surface area (Å²) in [4.78, 5) is 34.4. The summed E-state index contributed by atoms with van der Waals surface area (Å²) in [6.45, 7) is 0. The van der Waals surface area contributed by atoms with Crippen molar-refractivity contribution in [2.45, 2.75) is 23.8 Å². The van der Waals surface area contributed by atoms with Gasteiger partial charge in [-0.25, -0.2) is 4.79 Å². The summed E-state index contributed by atoms with van der Waals surface area (Å²) < 4.78 is 0. The Morgan fingerprint density at radius 3 is 2.52 bits per heavy atom. The van der Waals surface area contributed by atoms with Crippen molar-refractivity contribution in [3.63, 3.8) is 0 Å². The van der Waals surface area contributed by atoms with E-state index in [1.165, 1.54) is 11.8 Å². The summed E-state index contributed by atoms with van der Waals surface area (Å²) in [5.41, 5.74) is 0.157. The van der Waals surface area contributed by atoms with E-state index in [-0.39, 0.29) is 23.4 Å². The third kappa shape index (κ3) is 5.28. The number of thioether (sulfide) groups is 1. The standard InChI is InChI=1S/C13H14ClNO5S/c1-21-7-2-3-9(14)8(6-7)12(18)15-10(13(19)20)4-5-11(16)17/h2-3,6,10H,4-5H2,1H3,(H,15,18)(H,16,17)(H,19,20). The molecule has 0 aliphatic heterocycles. The lowest BCUT2D eigenvalue weighted by molar-refractivity contribution is -0.140. The van der Waals surface area contributed by atoms with Crippen molar-refractivity contribution in [1.29, 1.82) is 0 Å². The predicted octanol–water partition coefficient (Wildman–Crippen LogP) is 2.11. The zero-order valence-electron chi connectivity index (χ0n) is 11.1. The van der Waals surface area contributed by atoms with E-state index in [1.54, 1.807) is 18.2 Å². The molecule has 0 aliphatic carbocycles. The van der Waals surface area contributed by atoms with Crippen LogP contribution in [0, 0.1) is 0 Å². The zero-order chi connectivity index (χ0) is 16.0. The number of benzene rings is 1. The number of carbonyl (C=O) groups is 3. The second-order valence-corrected chi connectivity index (χ2v) is 5.43. The van der Waals surface area contributed by atoms with E-state index in [2.05, 4.69) is 5.32 Å². The van der Waals surface area contributed by atoms with Crippen LogP contribution in [0.25, 0.3) is 0 Å². The van der Waals surface area contributed by atoms with Gasteiger partial charge in [-0.3, -0.25) is 9.59 Å². The van der Waals surface area contributed by atoms with Crippen molar-refractivity contribution in [2.75, 3.05) is 6.26 Å². The number of halogens is 1. The molecule has 0 saturated heterocycles. The molecule has 0 heterocycles. The molecule has 0 radical (unpaired) electrons. The van der Waals surface area contributed by atoms with Gasteiger partial charge in [-0.05, 0) is 30.9 Å². The van der Waals surface area contributed by atoms with E-state index in [0.29, 0.717) is 0 Å². The molecule has 21 heavy (non-hydrogen) atoms. The first-order chi connectivity index (χ1) is 9.85. The highest BCUT2D eigenvalue weighted by Gasteiger charge is 2.22. The lowest BCUT2D eigenvalue weighted by Crippen LogP contribution is -2.41. The smallest absolute Gasteiger partial charge is 0.326 e. The summed E-state index contributed by atoms with van der Waals surface area (Å²) in [5, 5.41) is 20.1. The Balaban J connectivity index is 2.86. The van der Waals surface area contributed by atoms with Gasteiger partial charge in [-0.2, -0.15) is 0 Å². The van der Waals surface area contributed by atoms with E-state index in [1.807, 2.05) is 6.26 Å². The molecule has 6 nitrogen and oxygen atoms in total. The maximum atomic E-state index is 12.1. The van der Waals surface area contributed by atoms with Crippen LogP contribution in [0.4, 0.5) is 0 Å². The Bertz CT molecular complexity index is 563. The number of hydrogen-bond donors (Lipinski definition) is 3. The quantitative estimate of drug-likeness (QED) is 0.661. The average Bonchev–Trinajstić information content (AvgIpc) is 2.43. The minimum atomic E-state index is -1.29. The molecule has 0 bridgehead atoms. The van der Waals surface area contributed by atoms with Crippen molar-refractivity contribution in [1.82, 2.24) is 5.32 Å². The first-order valence-corrected chi connectivity index (χ1v) is 7.54. The lowest BCUT2D eigenvalue weighted by Gasteiger charge is -2.14. The molecule has 3 N–H and O–H groups in total. The molecule has 0 aromatic heterocycles. The van der Waals surface area contributed by atoms with Crippen molar-refractivity contribution < 1.29 is 24.6 Å². The van der Waals surface area contributed by atoms with Gasteiger partial charge in [0, 0.05) is 11.3 Å². The van der Waals surface area contributed by atoms with Crippen molar-refractivity contribution in [3.05, 3.63) is 28.8 Å². The molecule has 0 fully saturated rings. The average molecular weight is 332 g/mol. The predicted molar refractivity (Wildman–Crippen MR) is 79.0 cm³/mol. The summed E-state index contributed by atoms with van der Waals surface area (Å²) in [5.74, 6) is -3.06. The van der Waals surface area contributed by atoms with Gasteiger partial charge >= 0.3 is 11.9 Å². The van der Waals surface area contributed by atoms with Crippen molar-refractivity contribution in [3.8, 4) is 0 Å². The maximum Gasteiger partial charge on any atom is 0.326 e. The van der Waals surface area contributed by atoms with Crippen LogP contribution in [0.1, 0.15) is 23.2 Å². The first kappa shape index (κ1) is 17.3. The highest BCUT2D eigenvalue weighted by molar-refractivity contribution is 7.98.